The van der Waals surface area contributed by atoms with Crippen molar-refractivity contribution in [2.24, 2.45) is 11.3 Å². The number of halogens is 1. The number of carboxylic acids is 1. The highest BCUT2D eigenvalue weighted by Crippen LogP contribution is 2.39. The molecule has 13 heavy (non-hydrogen) atoms. The molecule has 0 radical (unpaired) electrons. The molecule has 0 unspecified atom stereocenters. The molecule has 74 valence electrons. The Balaban J connectivity index is 2.56. The van der Waals surface area contributed by atoms with Crippen LogP contribution < -0.4 is 0 Å². The predicted molar refractivity (Wildman–Crippen MR) is 48.6 cm³/mol. The van der Waals surface area contributed by atoms with Gasteiger partial charge in [0.2, 0.25) is 5.24 Å². The van der Waals surface area contributed by atoms with Crippen LogP contribution >= 0.6 is 11.6 Å². The molecule has 1 fully saturated rings. The maximum Gasteiger partial charge on any atom is 0.309 e. The molecule has 1 aliphatic rings. The van der Waals surface area contributed by atoms with E-state index in [1.807, 2.05) is 0 Å². The van der Waals surface area contributed by atoms with Crippen LogP contribution in [-0.2, 0) is 9.59 Å². The maximum atomic E-state index is 10.8. The standard InChI is InChI=1S/C9H13ClO3/c1-9(8(12)13)4-2-6(3-5-9)7(10)11/h6H,2-5H2,1H3,(H,12,13)/t6-,9-. The number of carboxylic acid groups (broad SMARTS) is 1. The van der Waals surface area contributed by atoms with E-state index in [4.69, 9.17) is 16.7 Å². The Bertz CT molecular complexity index is 229. The fourth-order valence-electron chi connectivity index (χ4n) is 1.70. The molecule has 0 aromatic rings. The third kappa shape index (κ3) is 2.21. The Hall–Kier alpha value is -0.570. The third-order valence-electron chi connectivity index (χ3n) is 2.93. The van der Waals surface area contributed by atoms with Crippen molar-refractivity contribution in [3.05, 3.63) is 0 Å². The minimum absolute atomic E-state index is 0.130. The molecule has 1 N–H and O–H groups in total. The molecule has 0 aromatic heterocycles. The molecule has 0 bridgehead atoms. The molecule has 1 aliphatic carbocycles. The van der Waals surface area contributed by atoms with Gasteiger partial charge in [0, 0.05) is 5.92 Å². The molecule has 0 amide bonds. The smallest absolute Gasteiger partial charge is 0.309 e. The topological polar surface area (TPSA) is 54.4 Å². The maximum absolute atomic E-state index is 10.8. The second-order valence-corrected chi connectivity index (χ2v) is 4.32. The summed E-state index contributed by atoms with van der Waals surface area (Å²) in [5, 5.41) is 8.58. The Morgan fingerprint density at radius 2 is 1.85 bits per heavy atom. The Labute approximate surface area is 82.1 Å². The van der Waals surface area contributed by atoms with Gasteiger partial charge in [0.15, 0.2) is 0 Å². The summed E-state index contributed by atoms with van der Waals surface area (Å²) in [5.41, 5.74) is -0.650. The van der Waals surface area contributed by atoms with Gasteiger partial charge in [-0.3, -0.25) is 9.59 Å². The van der Waals surface area contributed by atoms with Gasteiger partial charge in [-0.15, -0.1) is 0 Å². The zero-order valence-electron chi connectivity index (χ0n) is 7.55. The van der Waals surface area contributed by atoms with E-state index in [-0.39, 0.29) is 11.2 Å². The minimum Gasteiger partial charge on any atom is -0.481 e. The Morgan fingerprint density at radius 1 is 1.38 bits per heavy atom. The summed E-state index contributed by atoms with van der Waals surface area (Å²) >= 11 is 5.34. The first-order valence-electron chi connectivity index (χ1n) is 4.38. The molecule has 0 heterocycles. The van der Waals surface area contributed by atoms with Gasteiger partial charge < -0.3 is 5.11 Å². The number of hydrogen-bond donors (Lipinski definition) is 1. The van der Waals surface area contributed by atoms with Gasteiger partial charge in [-0.2, -0.15) is 0 Å². The van der Waals surface area contributed by atoms with Crippen LogP contribution in [0, 0.1) is 11.3 Å². The molecule has 1 rings (SSSR count). The summed E-state index contributed by atoms with van der Waals surface area (Å²) < 4.78 is 0. The van der Waals surface area contributed by atoms with Gasteiger partial charge in [-0.25, -0.2) is 0 Å². The van der Waals surface area contributed by atoms with Gasteiger partial charge in [0.05, 0.1) is 5.41 Å². The lowest BCUT2D eigenvalue weighted by Gasteiger charge is -2.32. The van der Waals surface area contributed by atoms with E-state index in [0.717, 1.165) is 0 Å². The van der Waals surface area contributed by atoms with Crippen LogP contribution in [0.1, 0.15) is 32.6 Å². The second kappa shape index (κ2) is 3.66. The molecule has 3 nitrogen and oxygen atoms in total. The van der Waals surface area contributed by atoms with E-state index < -0.39 is 11.4 Å². The average molecular weight is 205 g/mol. The molecule has 1 saturated carbocycles. The minimum atomic E-state index is -0.770. The average Bonchev–Trinajstić information content (AvgIpc) is 2.04. The van der Waals surface area contributed by atoms with E-state index in [9.17, 15) is 9.59 Å². The summed E-state index contributed by atoms with van der Waals surface area (Å²) in [5.74, 6) is -0.901. The van der Waals surface area contributed by atoms with Crippen LogP contribution in [0.25, 0.3) is 0 Å². The number of hydrogen-bond acceptors (Lipinski definition) is 2. The second-order valence-electron chi connectivity index (χ2n) is 3.94. The lowest BCUT2D eigenvalue weighted by Crippen LogP contribution is -2.33. The van der Waals surface area contributed by atoms with Gasteiger partial charge in [0.1, 0.15) is 0 Å². The van der Waals surface area contributed by atoms with Crippen molar-refractivity contribution < 1.29 is 14.7 Å². The molecule has 4 heteroatoms. The molecule has 0 aromatic carbocycles. The normalized spacial score (nSPS) is 34.2. The number of carbonyl (C=O) groups excluding carboxylic acids is 1. The first-order chi connectivity index (χ1) is 5.96. The highest BCUT2D eigenvalue weighted by molar-refractivity contribution is 6.63. The summed E-state index contributed by atoms with van der Waals surface area (Å²) in [7, 11) is 0. The van der Waals surface area contributed by atoms with Gasteiger partial charge >= 0.3 is 5.97 Å². The number of aliphatic carboxylic acids is 1. The Kier molecular flexibility index (Phi) is 2.96. The van der Waals surface area contributed by atoms with E-state index in [1.165, 1.54) is 0 Å². The zero-order valence-corrected chi connectivity index (χ0v) is 8.30. The lowest BCUT2D eigenvalue weighted by molar-refractivity contribution is -0.150. The Morgan fingerprint density at radius 3 is 2.15 bits per heavy atom. The van der Waals surface area contributed by atoms with Crippen LogP contribution in [-0.4, -0.2) is 16.3 Å². The van der Waals surface area contributed by atoms with Crippen LogP contribution in [0.15, 0.2) is 0 Å². The van der Waals surface area contributed by atoms with Gasteiger partial charge in [-0.05, 0) is 44.2 Å². The quantitative estimate of drug-likeness (QED) is 0.701. The molecular weight excluding hydrogens is 192 g/mol. The van der Waals surface area contributed by atoms with Crippen LogP contribution in [0.4, 0.5) is 0 Å². The number of carbonyl (C=O) groups is 2. The summed E-state index contributed by atoms with van der Waals surface area (Å²) in [4.78, 5) is 21.6. The molecular formula is C9H13ClO3. The van der Waals surface area contributed by atoms with Gasteiger partial charge in [-0.1, -0.05) is 0 Å². The van der Waals surface area contributed by atoms with Crippen molar-refractivity contribution in [2.75, 3.05) is 0 Å². The zero-order chi connectivity index (χ0) is 10.1. The van der Waals surface area contributed by atoms with Gasteiger partial charge in [0.25, 0.3) is 0 Å². The van der Waals surface area contributed by atoms with E-state index in [1.54, 1.807) is 6.92 Å². The van der Waals surface area contributed by atoms with Crippen LogP contribution in [0.5, 0.6) is 0 Å². The monoisotopic (exact) mass is 204 g/mol. The lowest BCUT2D eigenvalue weighted by atomic mass is 9.72. The van der Waals surface area contributed by atoms with E-state index in [0.29, 0.717) is 25.7 Å². The highest BCUT2D eigenvalue weighted by atomic mass is 35.5. The molecule has 0 aliphatic heterocycles. The fourth-order valence-corrected chi connectivity index (χ4v) is 1.91. The highest BCUT2D eigenvalue weighted by Gasteiger charge is 2.38. The van der Waals surface area contributed by atoms with Crippen LogP contribution in [0.2, 0.25) is 0 Å². The van der Waals surface area contributed by atoms with Crippen molar-refractivity contribution in [2.45, 2.75) is 32.6 Å². The largest absolute Gasteiger partial charge is 0.481 e. The van der Waals surface area contributed by atoms with E-state index in [2.05, 4.69) is 0 Å². The molecule has 0 spiro atoms. The van der Waals surface area contributed by atoms with Crippen molar-refractivity contribution in [1.82, 2.24) is 0 Å². The fraction of sp³-hybridized carbons (Fsp3) is 0.778. The third-order valence-corrected chi connectivity index (χ3v) is 3.24. The predicted octanol–water partition coefficient (Wildman–Crippen LogP) is 2.03. The van der Waals surface area contributed by atoms with Crippen molar-refractivity contribution in [3.63, 3.8) is 0 Å². The molecule has 0 saturated heterocycles. The van der Waals surface area contributed by atoms with Crippen molar-refractivity contribution in [1.29, 1.82) is 0 Å². The summed E-state index contributed by atoms with van der Waals surface area (Å²) in [6, 6.07) is 0. The summed E-state index contributed by atoms with van der Waals surface area (Å²) in [6.45, 7) is 1.73. The van der Waals surface area contributed by atoms with E-state index >= 15 is 0 Å². The van der Waals surface area contributed by atoms with Crippen LogP contribution in [0.3, 0.4) is 0 Å². The number of rotatable bonds is 2. The van der Waals surface area contributed by atoms with Crippen molar-refractivity contribution in [3.8, 4) is 0 Å². The first kappa shape index (κ1) is 10.5. The first-order valence-corrected chi connectivity index (χ1v) is 4.76. The summed E-state index contributed by atoms with van der Waals surface area (Å²) in [6.07, 6.45) is 2.30. The SMILES string of the molecule is C[C@]1(C(=O)O)CC[C@H](C(=O)Cl)CC1. The van der Waals surface area contributed by atoms with Crippen molar-refractivity contribution >= 4 is 22.8 Å². The molecule has 0 atom stereocenters.